The van der Waals surface area contributed by atoms with Gasteiger partial charge in [-0.3, -0.25) is 0 Å². The van der Waals surface area contributed by atoms with Crippen molar-refractivity contribution in [3.8, 4) is 0 Å². The summed E-state index contributed by atoms with van der Waals surface area (Å²) in [7, 11) is 0. The molecule has 4 N–H and O–H groups in total. The van der Waals surface area contributed by atoms with Crippen LogP contribution in [0.5, 0.6) is 0 Å². The zero-order chi connectivity index (χ0) is 10.6. The molecule has 80 valence electrons. The topological polar surface area (TPSA) is 94.1 Å². The fourth-order valence-electron chi connectivity index (χ4n) is 1.12. The molecule has 0 radical (unpaired) electrons. The maximum Gasteiger partial charge on any atom is 0.108 e. The van der Waals surface area contributed by atoms with E-state index in [2.05, 4.69) is 0 Å². The molecule has 3 unspecified atom stereocenters. The fourth-order valence-corrected chi connectivity index (χ4v) is 1.12. The molecule has 0 aliphatic heterocycles. The van der Waals surface area contributed by atoms with Crippen molar-refractivity contribution in [1.82, 2.24) is 0 Å². The van der Waals surface area contributed by atoms with Gasteiger partial charge >= 0.3 is 0 Å². The van der Waals surface area contributed by atoms with E-state index in [9.17, 15) is 10.2 Å². The van der Waals surface area contributed by atoms with Crippen molar-refractivity contribution in [2.24, 2.45) is 0 Å². The predicted octanol–water partition coefficient (Wildman–Crippen LogP) is -1.10. The van der Waals surface area contributed by atoms with Gasteiger partial charge in [-0.1, -0.05) is 0 Å². The highest BCUT2D eigenvalue weighted by atomic mass is 16.4. The minimum Gasteiger partial charge on any atom is -0.469 e. The average Bonchev–Trinajstić information content (AvgIpc) is 2.68. The van der Waals surface area contributed by atoms with Crippen LogP contribution in [0.3, 0.4) is 0 Å². The third-order valence-corrected chi connectivity index (χ3v) is 1.97. The quantitative estimate of drug-likeness (QED) is 0.486. The van der Waals surface area contributed by atoms with Crippen LogP contribution in [0.15, 0.2) is 22.8 Å². The summed E-state index contributed by atoms with van der Waals surface area (Å²) >= 11 is 0. The van der Waals surface area contributed by atoms with Crippen LogP contribution in [-0.4, -0.2) is 45.3 Å². The normalized spacial score (nSPS) is 17.7. The van der Waals surface area contributed by atoms with E-state index in [-0.39, 0.29) is 6.42 Å². The molecule has 0 bridgehead atoms. The Morgan fingerprint density at radius 3 is 2.43 bits per heavy atom. The Morgan fingerprint density at radius 2 is 1.93 bits per heavy atom. The minimum absolute atomic E-state index is 0.102. The van der Waals surface area contributed by atoms with E-state index in [0.29, 0.717) is 5.76 Å². The minimum atomic E-state index is -1.37. The number of rotatable bonds is 5. The van der Waals surface area contributed by atoms with Crippen LogP contribution in [0.2, 0.25) is 0 Å². The molecule has 14 heavy (non-hydrogen) atoms. The first-order valence-corrected chi connectivity index (χ1v) is 4.32. The zero-order valence-corrected chi connectivity index (χ0v) is 7.58. The van der Waals surface area contributed by atoms with Crippen molar-refractivity contribution >= 4 is 0 Å². The largest absolute Gasteiger partial charge is 0.469 e. The van der Waals surface area contributed by atoms with Gasteiger partial charge < -0.3 is 24.8 Å². The van der Waals surface area contributed by atoms with Gasteiger partial charge in [0.1, 0.15) is 18.0 Å². The second kappa shape index (κ2) is 5.11. The van der Waals surface area contributed by atoms with Crippen molar-refractivity contribution < 1.29 is 24.8 Å². The molecule has 5 nitrogen and oxygen atoms in total. The van der Waals surface area contributed by atoms with E-state index in [1.165, 1.54) is 6.26 Å². The van der Waals surface area contributed by atoms with Crippen molar-refractivity contribution in [3.05, 3.63) is 24.2 Å². The van der Waals surface area contributed by atoms with E-state index >= 15 is 0 Å². The van der Waals surface area contributed by atoms with Crippen LogP contribution in [0.1, 0.15) is 5.76 Å². The molecule has 5 heteroatoms. The number of hydrogen-bond donors (Lipinski definition) is 4. The summed E-state index contributed by atoms with van der Waals surface area (Å²) in [6, 6.07) is 3.32. The first-order valence-electron chi connectivity index (χ1n) is 4.32. The Labute approximate surface area is 81.2 Å². The highest BCUT2D eigenvalue weighted by molar-refractivity contribution is 5.00. The lowest BCUT2D eigenvalue weighted by atomic mass is 10.0. The van der Waals surface area contributed by atoms with Gasteiger partial charge in [0.05, 0.1) is 19.0 Å². The average molecular weight is 202 g/mol. The van der Waals surface area contributed by atoms with Gasteiger partial charge in [-0.15, -0.1) is 0 Å². The Bertz CT molecular complexity index is 246. The standard InChI is InChI=1S/C9H14O5/c10-5-8(12)9(13)7(11)4-6-2-1-3-14-6/h1-3,7-13H,4-5H2. The summed E-state index contributed by atoms with van der Waals surface area (Å²) in [5.74, 6) is 0.515. The van der Waals surface area contributed by atoms with Crippen molar-refractivity contribution in [2.75, 3.05) is 6.61 Å². The first-order chi connectivity index (χ1) is 6.65. The smallest absolute Gasteiger partial charge is 0.108 e. The summed E-state index contributed by atoms with van der Waals surface area (Å²) in [5, 5.41) is 36.3. The van der Waals surface area contributed by atoms with Crippen LogP contribution < -0.4 is 0 Å². The SMILES string of the molecule is OCC(O)C(O)C(O)Cc1ccco1. The number of furan rings is 1. The molecular formula is C9H14O5. The van der Waals surface area contributed by atoms with Gasteiger partial charge in [0, 0.05) is 6.42 Å². The van der Waals surface area contributed by atoms with Gasteiger partial charge in [0.25, 0.3) is 0 Å². The molecule has 0 fully saturated rings. The van der Waals surface area contributed by atoms with E-state index in [1.807, 2.05) is 0 Å². The third kappa shape index (κ3) is 2.81. The lowest BCUT2D eigenvalue weighted by Gasteiger charge is -2.20. The van der Waals surface area contributed by atoms with Crippen molar-refractivity contribution in [2.45, 2.75) is 24.7 Å². The van der Waals surface area contributed by atoms with Crippen molar-refractivity contribution in [1.29, 1.82) is 0 Å². The summed E-state index contributed by atoms with van der Waals surface area (Å²) in [6.45, 7) is -0.587. The second-order valence-electron chi connectivity index (χ2n) is 3.09. The molecule has 0 amide bonds. The highest BCUT2D eigenvalue weighted by Gasteiger charge is 2.24. The number of aliphatic hydroxyl groups is 4. The maximum absolute atomic E-state index is 9.41. The number of aliphatic hydroxyl groups excluding tert-OH is 4. The van der Waals surface area contributed by atoms with Gasteiger partial charge in [-0.05, 0) is 12.1 Å². The zero-order valence-electron chi connectivity index (χ0n) is 7.58. The van der Waals surface area contributed by atoms with Gasteiger partial charge in [-0.2, -0.15) is 0 Å². The Hall–Kier alpha value is -0.880. The molecule has 0 saturated carbocycles. The van der Waals surface area contributed by atoms with Crippen LogP contribution >= 0.6 is 0 Å². The molecule has 1 aromatic heterocycles. The second-order valence-corrected chi connectivity index (χ2v) is 3.09. The Morgan fingerprint density at radius 1 is 1.21 bits per heavy atom. The lowest BCUT2D eigenvalue weighted by molar-refractivity contribution is -0.0767. The van der Waals surface area contributed by atoms with Crippen LogP contribution in [-0.2, 0) is 6.42 Å². The van der Waals surface area contributed by atoms with E-state index in [4.69, 9.17) is 14.6 Å². The van der Waals surface area contributed by atoms with Crippen LogP contribution in [0.4, 0.5) is 0 Å². The van der Waals surface area contributed by atoms with E-state index < -0.39 is 24.9 Å². The predicted molar refractivity (Wildman–Crippen MR) is 47.5 cm³/mol. The molecule has 0 aliphatic rings. The Kier molecular flexibility index (Phi) is 4.09. The first kappa shape index (κ1) is 11.2. The van der Waals surface area contributed by atoms with Gasteiger partial charge in [0.15, 0.2) is 0 Å². The van der Waals surface area contributed by atoms with Gasteiger partial charge in [0.2, 0.25) is 0 Å². The molecule has 3 atom stereocenters. The molecule has 1 aromatic rings. The van der Waals surface area contributed by atoms with E-state index in [1.54, 1.807) is 12.1 Å². The number of hydrogen-bond acceptors (Lipinski definition) is 5. The maximum atomic E-state index is 9.41. The summed E-state index contributed by atoms with van der Waals surface area (Å²) in [6.07, 6.45) is -2.30. The molecular weight excluding hydrogens is 188 g/mol. The summed E-state index contributed by atoms with van der Waals surface area (Å²) in [4.78, 5) is 0. The molecule has 0 saturated heterocycles. The third-order valence-electron chi connectivity index (χ3n) is 1.97. The molecule has 0 spiro atoms. The summed E-state index contributed by atoms with van der Waals surface area (Å²) in [5.41, 5.74) is 0. The summed E-state index contributed by atoms with van der Waals surface area (Å²) < 4.78 is 4.95. The van der Waals surface area contributed by atoms with Crippen molar-refractivity contribution in [3.63, 3.8) is 0 Å². The molecule has 0 aliphatic carbocycles. The lowest BCUT2D eigenvalue weighted by Crippen LogP contribution is -2.40. The fraction of sp³-hybridized carbons (Fsp3) is 0.556. The Balaban J connectivity index is 2.45. The van der Waals surface area contributed by atoms with Gasteiger partial charge in [-0.25, -0.2) is 0 Å². The highest BCUT2D eigenvalue weighted by Crippen LogP contribution is 2.09. The van der Waals surface area contributed by atoms with E-state index in [0.717, 1.165) is 0 Å². The monoisotopic (exact) mass is 202 g/mol. The van der Waals surface area contributed by atoms with Crippen LogP contribution in [0, 0.1) is 0 Å². The molecule has 1 heterocycles. The molecule has 1 rings (SSSR count). The van der Waals surface area contributed by atoms with Crippen LogP contribution in [0.25, 0.3) is 0 Å². The molecule has 0 aromatic carbocycles.